The molecule has 1 aromatic heterocycles. The van der Waals surface area contributed by atoms with E-state index in [1.54, 1.807) is 0 Å². The number of nitrogens with zero attached hydrogens (tertiary/aromatic N) is 2. The normalized spacial score (nSPS) is 10.8. The first-order valence-corrected chi connectivity index (χ1v) is 6.90. The van der Waals surface area contributed by atoms with Gasteiger partial charge in [-0.15, -0.1) is 0 Å². The van der Waals surface area contributed by atoms with Crippen molar-refractivity contribution in [3.8, 4) is 11.6 Å². The highest BCUT2D eigenvalue weighted by Crippen LogP contribution is 2.33. The predicted octanol–water partition coefficient (Wildman–Crippen LogP) is 3.85. The average Bonchev–Trinajstić information content (AvgIpc) is 2.38. The van der Waals surface area contributed by atoms with Gasteiger partial charge in [0, 0.05) is 0 Å². The summed E-state index contributed by atoms with van der Waals surface area (Å²) in [6.45, 7) is 8.35. The summed E-state index contributed by atoms with van der Waals surface area (Å²) in [5, 5.41) is 0. The lowest BCUT2D eigenvalue weighted by Crippen LogP contribution is -2.03. The number of rotatable bonds is 4. The number of aromatic nitrogens is 2. The number of nitrogens with two attached hydrogens (primary N) is 1. The van der Waals surface area contributed by atoms with Crippen LogP contribution in [0.5, 0.6) is 11.6 Å². The molecule has 0 saturated carbocycles. The molecule has 0 saturated heterocycles. The SMILES string of the molecule is CCc1c(N)ncnc1Oc1cc(C)ccc1C(C)C. The summed E-state index contributed by atoms with van der Waals surface area (Å²) in [5.74, 6) is 2.26. The first-order chi connectivity index (χ1) is 9.52. The molecule has 2 aromatic rings. The van der Waals surface area contributed by atoms with Gasteiger partial charge in [-0.3, -0.25) is 0 Å². The average molecular weight is 271 g/mol. The summed E-state index contributed by atoms with van der Waals surface area (Å²) in [5.41, 5.74) is 9.05. The molecule has 1 aromatic carbocycles. The van der Waals surface area contributed by atoms with Crippen LogP contribution >= 0.6 is 0 Å². The lowest BCUT2D eigenvalue weighted by atomic mass is 10.0. The molecule has 0 radical (unpaired) electrons. The largest absolute Gasteiger partial charge is 0.438 e. The molecule has 0 fully saturated rings. The molecule has 106 valence electrons. The number of benzene rings is 1. The molecule has 0 aliphatic carbocycles. The predicted molar refractivity (Wildman–Crippen MR) is 81.2 cm³/mol. The summed E-state index contributed by atoms with van der Waals surface area (Å²) >= 11 is 0. The Balaban J connectivity index is 2.44. The Labute approximate surface area is 120 Å². The number of hydrogen-bond acceptors (Lipinski definition) is 4. The van der Waals surface area contributed by atoms with E-state index in [2.05, 4.69) is 35.9 Å². The van der Waals surface area contributed by atoms with Crippen LogP contribution in [-0.2, 0) is 6.42 Å². The smallest absolute Gasteiger partial charge is 0.227 e. The van der Waals surface area contributed by atoms with Gasteiger partial charge < -0.3 is 10.5 Å². The van der Waals surface area contributed by atoms with Crippen LogP contribution in [0.3, 0.4) is 0 Å². The number of hydrogen-bond donors (Lipinski definition) is 1. The molecule has 2 rings (SSSR count). The van der Waals surface area contributed by atoms with Crippen LogP contribution in [0.2, 0.25) is 0 Å². The van der Waals surface area contributed by atoms with Crippen molar-refractivity contribution < 1.29 is 4.74 Å². The second-order valence-electron chi connectivity index (χ2n) is 5.19. The van der Waals surface area contributed by atoms with E-state index in [1.807, 2.05) is 19.9 Å². The Kier molecular flexibility index (Phi) is 4.23. The lowest BCUT2D eigenvalue weighted by Gasteiger charge is -2.16. The molecule has 1 heterocycles. The highest BCUT2D eigenvalue weighted by Gasteiger charge is 2.13. The van der Waals surface area contributed by atoms with Crippen LogP contribution in [0.1, 0.15) is 43.4 Å². The Hall–Kier alpha value is -2.10. The van der Waals surface area contributed by atoms with Crippen molar-refractivity contribution >= 4 is 5.82 Å². The molecule has 4 nitrogen and oxygen atoms in total. The maximum Gasteiger partial charge on any atom is 0.227 e. The maximum atomic E-state index is 6.02. The van der Waals surface area contributed by atoms with Crippen molar-refractivity contribution in [2.24, 2.45) is 0 Å². The first kappa shape index (κ1) is 14.3. The van der Waals surface area contributed by atoms with E-state index < -0.39 is 0 Å². The zero-order valence-electron chi connectivity index (χ0n) is 12.5. The van der Waals surface area contributed by atoms with E-state index >= 15 is 0 Å². The van der Waals surface area contributed by atoms with Gasteiger partial charge in [0.1, 0.15) is 17.9 Å². The summed E-state index contributed by atoms with van der Waals surface area (Å²) in [7, 11) is 0. The molecule has 0 spiro atoms. The second kappa shape index (κ2) is 5.90. The third kappa shape index (κ3) is 2.90. The summed E-state index contributed by atoms with van der Waals surface area (Å²) in [4.78, 5) is 8.24. The monoisotopic (exact) mass is 271 g/mol. The summed E-state index contributed by atoms with van der Waals surface area (Å²) in [6.07, 6.45) is 2.18. The minimum absolute atomic E-state index is 0.384. The topological polar surface area (TPSA) is 61.0 Å². The minimum atomic E-state index is 0.384. The van der Waals surface area contributed by atoms with Gasteiger partial charge in [-0.25, -0.2) is 9.97 Å². The maximum absolute atomic E-state index is 6.02. The molecule has 0 aliphatic heterocycles. The van der Waals surface area contributed by atoms with Crippen molar-refractivity contribution in [3.63, 3.8) is 0 Å². The van der Waals surface area contributed by atoms with Crippen LogP contribution in [0, 0.1) is 6.92 Å². The van der Waals surface area contributed by atoms with Crippen LogP contribution in [0.15, 0.2) is 24.5 Å². The third-order valence-corrected chi connectivity index (χ3v) is 3.29. The fourth-order valence-corrected chi connectivity index (χ4v) is 2.14. The van der Waals surface area contributed by atoms with E-state index in [9.17, 15) is 0 Å². The number of nitrogen functional groups attached to an aromatic ring is 1. The third-order valence-electron chi connectivity index (χ3n) is 3.29. The van der Waals surface area contributed by atoms with Crippen molar-refractivity contribution in [2.75, 3.05) is 5.73 Å². The van der Waals surface area contributed by atoms with Crippen LogP contribution in [0.25, 0.3) is 0 Å². The van der Waals surface area contributed by atoms with Gasteiger partial charge in [-0.2, -0.15) is 0 Å². The molecular weight excluding hydrogens is 250 g/mol. The second-order valence-corrected chi connectivity index (χ2v) is 5.19. The van der Waals surface area contributed by atoms with E-state index in [4.69, 9.17) is 10.5 Å². The van der Waals surface area contributed by atoms with E-state index in [0.717, 1.165) is 28.9 Å². The van der Waals surface area contributed by atoms with Gasteiger partial charge in [0.05, 0.1) is 5.56 Å². The van der Waals surface area contributed by atoms with Gasteiger partial charge in [0.2, 0.25) is 5.88 Å². The Bertz CT molecular complexity index is 609. The fraction of sp³-hybridized carbons (Fsp3) is 0.375. The standard InChI is InChI=1S/C16H21N3O/c1-5-12-15(17)18-9-19-16(12)20-14-8-11(4)6-7-13(14)10(2)3/h6-10H,5H2,1-4H3,(H2,17,18,19). The molecule has 0 unspecified atom stereocenters. The van der Waals surface area contributed by atoms with Crippen molar-refractivity contribution in [3.05, 3.63) is 41.2 Å². The number of anilines is 1. The molecule has 2 N–H and O–H groups in total. The Morgan fingerprint density at radius 3 is 2.65 bits per heavy atom. The fourth-order valence-electron chi connectivity index (χ4n) is 2.14. The Morgan fingerprint density at radius 2 is 2.00 bits per heavy atom. The van der Waals surface area contributed by atoms with Crippen LogP contribution < -0.4 is 10.5 Å². The van der Waals surface area contributed by atoms with E-state index in [-0.39, 0.29) is 0 Å². The zero-order chi connectivity index (χ0) is 14.7. The van der Waals surface area contributed by atoms with Gasteiger partial charge in [0.25, 0.3) is 0 Å². The summed E-state index contributed by atoms with van der Waals surface area (Å²) in [6, 6.07) is 6.23. The molecule has 20 heavy (non-hydrogen) atoms. The minimum Gasteiger partial charge on any atom is -0.438 e. The van der Waals surface area contributed by atoms with Crippen molar-refractivity contribution in [2.45, 2.75) is 40.0 Å². The summed E-state index contributed by atoms with van der Waals surface area (Å²) < 4.78 is 6.02. The Morgan fingerprint density at radius 1 is 1.25 bits per heavy atom. The van der Waals surface area contributed by atoms with E-state index in [1.165, 1.54) is 6.33 Å². The van der Waals surface area contributed by atoms with Crippen molar-refractivity contribution in [1.29, 1.82) is 0 Å². The van der Waals surface area contributed by atoms with Crippen molar-refractivity contribution in [1.82, 2.24) is 9.97 Å². The molecule has 0 bridgehead atoms. The van der Waals surface area contributed by atoms with Gasteiger partial charge >= 0.3 is 0 Å². The molecular formula is C16H21N3O. The highest BCUT2D eigenvalue weighted by molar-refractivity contribution is 5.48. The molecule has 0 atom stereocenters. The molecule has 0 amide bonds. The van der Waals surface area contributed by atoms with Gasteiger partial charge in [0.15, 0.2) is 0 Å². The van der Waals surface area contributed by atoms with Gasteiger partial charge in [-0.1, -0.05) is 32.9 Å². The number of ether oxygens (including phenoxy) is 1. The molecule has 0 aliphatic rings. The quantitative estimate of drug-likeness (QED) is 0.917. The highest BCUT2D eigenvalue weighted by atomic mass is 16.5. The zero-order valence-corrected chi connectivity index (χ0v) is 12.5. The van der Waals surface area contributed by atoms with Gasteiger partial charge in [-0.05, 0) is 36.5 Å². The molecule has 4 heteroatoms. The van der Waals surface area contributed by atoms with Crippen LogP contribution in [0.4, 0.5) is 5.82 Å². The van der Waals surface area contributed by atoms with Crippen LogP contribution in [-0.4, -0.2) is 9.97 Å². The first-order valence-electron chi connectivity index (χ1n) is 6.90. The number of aryl methyl sites for hydroxylation is 1. The lowest BCUT2D eigenvalue weighted by molar-refractivity contribution is 0.447. The van der Waals surface area contributed by atoms with E-state index in [0.29, 0.717) is 17.6 Å².